The van der Waals surface area contributed by atoms with Crippen molar-refractivity contribution in [3.63, 3.8) is 0 Å². The lowest BCUT2D eigenvalue weighted by Gasteiger charge is -2.32. The number of fused-ring (bicyclic) bond motifs is 1. The minimum absolute atomic E-state index is 0.169. The van der Waals surface area contributed by atoms with E-state index in [1.807, 2.05) is 23.9 Å². The number of hydrogen-bond donors (Lipinski definition) is 1. The van der Waals surface area contributed by atoms with Gasteiger partial charge in [0.15, 0.2) is 0 Å². The van der Waals surface area contributed by atoms with E-state index in [2.05, 4.69) is 32.0 Å². The molecule has 2 aromatic carbocycles. The Bertz CT molecular complexity index is 780. The molecule has 0 radical (unpaired) electrons. The molecule has 0 unspecified atom stereocenters. The van der Waals surface area contributed by atoms with Gasteiger partial charge in [0.25, 0.3) is 0 Å². The Hall–Kier alpha value is -1.78. The van der Waals surface area contributed by atoms with Gasteiger partial charge < -0.3 is 9.84 Å². The van der Waals surface area contributed by atoms with Crippen molar-refractivity contribution in [2.45, 2.75) is 37.2 Å². The first kappa shape index (κ1) is 17.1. The number of thioether (sulfide) groups is 1. The number of aliphatic hydroxyl groups is 1. The van der Waals surface area contributed by atoms with Crippen LogP contribution in [0.1, 0.15) is 41.8 Å². The summed E-state index contributed by atoms with van der Waals surface area (Å²) in [4.78, 5) is 13.1. The highest BCUT2D eigenvalue weighted by Gasteiger charge is 2.28. The fourth-order valence-corrected chi connectivity index (χ4v) is 4.62. The molecule has 2 aromatic rings. The highest BCUT2D eigenvalue weighted by atomic mass is 32.2. The van der Waals surface area contributed by atoms with Crippen molar-refractivity contribution in [2.24, 2.45) is 0 Å². The molecule has 0 aromatic heterocycles. The van der Waals surface area contributed by atoms with Crippen LogP contribution in [0.25, 0.3) is 11.1 Å². The Kier molecular flexibility index (Phi) is 4.70. The van der Waals surface area contributed by atoms with E-state index in [-0.39, 0.29) is 12.0 Å². The molecule has 0 bridgehead atoms. The summed E-state index contributed by atoms with van der Waals surface area (Å²) in [6, 6.07) is 12.1. The van der Waals surface area contributed by atoms with Crippen LogP contribution in [0.3, 0.4) is 0 Å². The van der Waals surface area contributed by atoms with Crippen LogP contribution >= 0.6 is 11.8 Å². The van der Waals surface area contributed by atoms with Gasteiger partial charge in [-0.1, -0.05) is 26.0 Å². The van der Waals surface area contributed by atoms with Gasteiger partial charge in [0.1, 0.15) is 0 Å². The molecular formula is C20H22O3S. The van der Waals surface area contributed by atoms with Gasteiger partial charge in [0, 0.05) is 4.90 Å². The van der Waals surface area contributed by atoms with Gasteiger partial charge in [-0.25, -0.2) is 4.79 Å². The summed E-state index contributed by atoms with van der Waals surface area (Å²) in [7, 11) is 1.35. The van der Waals surface area contributed by atoms with Crippen molar-refractivity contribution in [2.75, 3.05) is 12.9 Å². The van der Waals surface area contributed by atoms with E-state index in [0.717, 1.165) is 23.3 Å². The van der Waals surface area contributed by atoms with E-state index >= 15 is 0 Å². The van der Waals surface area contributed by atoms with Crippen LogP contribution in [-0.4, -0.2) is 23.9 Å². The molecule has 0 saturated heterocycles. The van der Waals surface area contributed by atoms with Crippen molar-refractivity contribution < 1.29 is 14.6 Å². The van der Waals surface area contributed by atoms with E-state index in [1.165, 1.54) is 17.6 Å². The lowest BCUT2D eigenvalue weighted by atomic mass is 9.80. The Morgan fingerprint density at radius 2 is 1.92 bits per heavy atom. The van der Waals surface area contributed by atoms with Crippen molar-refractivity contribution in [3.05, 3.63) is 53.1 Å². The molecule has 3 rings (SSSR count). The van der Waals surface area contributed by atoms with Gasteiger partial charge in [0.2, 0.25) is 0 Å². The zero-order chi connectivity index (χ0) is 17.3. The number of ether oxygens (including phenoxy) is 1. The summed E-state index contributed by atoms with van der Waals surface area (Å²) in [6.07, 6.45) is 1.16. The number of esters is 1. The van der Waals surface area contributed by atoms with E-state index in [9.17, 15) is 9.90 Å². The summed E-state index contributed by atoms with van der Waals surface area (Å²) >= 11 is 1.91. The van der Waals surface area contributed by atoms with Crippen LogP contribution in [0.5, 0.6) is 0 Å². The average molecular weight is 342 g/mol. The van der Waals surface area contributed by atoms with Crippen molar-refractivity contribution in [1.82, 2.24) is 0 Å². The topological polar surface area (TPSA) is 46.5 Å². The number of benzene rings is 2. The van der Waals surface area contributed by atoms with Crippen molar-refractivity contribution in [3.8, 4) is 11.1 Å². The Morgan fingerprint density at radius 1 is 1.21 bits per heavy atom. The fourth-order valence-electron chi connectivity index (χ4n) is 3.13. The Labute approximate surface area is 147 Å². The maximum atomic E-state index is 11.8. The van der Waals surface area contributed by atoms with E-state index in [4.69, 9.17) is 4.74 Å². The van der Waals surface area contributed by atoms with Crippen LogP contribution in [0.4, 0.5) is 0 Å². The van der Waals surface area contributed by atoms with Crippen LogP contribution in [0.2, 0.25) is 0 Å². The van der Waals surface area contributed by atoms with E-state index in [1.54, 1.807) is 6.07 Å². The van der Waals surface area contributed by atoms with Crippen LogP contribution < -0.4 is 0 Å². The van der Waals surface area contributed by atoms with Gasteiger partial charge >= 0.3 is 5.97 Å². The second kappa shape index (κ2) is 6.61. The molecule has 1 heterocycles. The molecule has 1 aliphatic heterocycles. The zero-order valence-corrected chi connectivity index (χ0v) is 15.1. The summed E-state index contributed by atoms with van der Waals surface area (Å²) in [5, 5.41) is 9.60. The first-order valence-corrected chi connectivity index (χ1v) is 9.04. The molecule has 126 valence electrons. The van der Waals surface area contributed by atoms with Gasteiger partial charge in [-0.2, -0.15) is 0 Å². The Balaban J connectivity index is 2.05. The van der Waals surface area contributed by atoms with Crippen molar-refractivity contribution >= 4 is 17.7 Å². The largest absolute Gasteiger partial charge is 0.465 e. The van der Waals surface area contributed by atoms with E-state index in [0.29, 0.717) is 11.1 Å². The molecule has 0 atom stereocenters. The van der Waals surface area contributed by atoms with Crippen LogP contribution in [-0.2, 0) is 16.8 Å². The number of rotatable bonds is 3. The number of methoxy groups -OCH3 is 1. The number of hydrogen-bond acceptors (Lipinski definition) is 4. The quantitative estimate of drug-likeness (QED) is 0.840. The van der Waals surface area contributed by atoms with Crippen LogP contribution in [0, 0.1) is 0 Å². The van der Waals surface area contributed by atoms with Gasteiger partial charge in [0.05, 0.1) is 19.3 Å². The van der Waals surface area contributed by atoms with Crippen LogP contribution in [0.15, 0.2) is 41.3 Å². The molecule has 4 heteroatoms. The maximum Gasteiger partial charge on any atom is 0.338 e. The Morgan fingerprint density at radius 3 is 2.62 bits per heavy atom. The summed E-state index contributed by atoms with van der Waals surface area (Å²) in [5.41, 5.74) is 4.65. The minimum Gasteiger partial charge on any atom is -0.465 e. The lowest BCUT2D eigenvalue weighted by molar-refractivity contribution is 0.0597. The first-order chi connectivity index (χ1) is 11.5. The standard InChI is InChI=1S/C20H22O3S/c1-20(2)8-9-24-18-7-5-14(11-17(18)20)13-4-6-16(19(22)23-3)15(10-13)12-21/h4-7,10-11,21H,8-9,12H2,1-3H3. The number of carbonyl (C=O) groups is 1. The summed E-state index contributed by atoms with van der Waals surface area (Å²) in [5.74, 6) is 0.732. The molecule has 0 fully saturated rings. The summed E-state index contributed by atoms with van der Waals surface area (Å²) in [6.45, 7) is 4.38. The molecule has 0 aliphatic carbocycles. The molecule has 1 aliphatic rings. The van der Waals surface area contributed by atoms with Gasteiger partial charge in [-0.15, -0.1) is 11.8 Å². The second-order valence-electron chi connectivity index (χ2n) is 6.71. The number of carbonyl (C=O) groups excluding carboxylic acids is 1. The maximum absolute atomic E-state index is 11.8. The molecule has 3 nitrogen and oxygen atoms in total. The van der Waals surface area contributed by atoms with Crippen molar-refractivity contribution in [1.29, 1.82) is 0 Å². The molecule has 1 N–H and O–H groups in total. The average Bonchev–Trinajstić information content (AvgIpc) is 2.60. The molecule has 0 spiro atoms. The SMILES string of the molecule is COC(=O)c1ccc(-c2ccc3c(c2)C(C)(C)CCS3)cc1CO. The highest BCUT2D eigenvalue weighted by molar-refractivity contribution is 7.99. The zero-order valence-electron chi connectivity index (χ0n) is 14.3. The molecular weight excluding hydrogens is 320 g/mol. The third-order valence-corrected chi connectivity index (χ3v) is 5.78. The predicted molar refractivity (Wildman–Crippen MR) is 97.5 cm³/mol. The third-order valence-electron chi connectivity index (χ3n) is 4.71. The molecule has 24 heavy (non-hydrogen) atoms. The highest BCUT2D eigenvalue weighted by Crippen LogP contribution is 2.43. The molecule has 0 amide bonds. The first-order valence-electron chi connectivity index (χ1n) is 8.06. The normalized spacial score (nSPS) is 15.7. The monoisotopic (exact) mass is 342 g/mol. The smallest absolute Gasteiger partial charge is 0.338 e. The predicted octanol–water partition coefficient (Wildman–Crippen LogP) is 4.41. The number of aliphatic hydroxyl groups excluding tert-OH is 1. The van der Waals surface area contributed by atoms with E-state index < -0.39 is 5.97 Å². The lowest BCUT2D eigenvalue weighted by Crippen LogP contribution is -2.22. The minimum atomic E-state index is -0.423. The van der Waals surface area contributed by atoms with Gasteiger partial charge in [-0.05, 0) is 64.1 Å². The fraction of sp³-hybridized carbons (Fsp3) is 0.350. The second-order valence-corrected chi connectivity index (χ2v) is 7.85. The van der Waals surface area contributed by atoms with Gasteiger partial charge in [-0.3, -0.25) is 0 Å². The third kappa shape index (κ3) is 3.08. The molecule has 0 saturated carbocycles. The summed E-state index contributed by atoms with van der Waals surface area (Å²) < 4.78 is 4.77.